The molecule has 0 amide bonds. The molecular formula is C9H16O. The summed E-state index contributed by atoms with van der Waals surface area (Å²) in [5.41, 5.74) is 0.284. The molecule has 1 aliphatic heterocycles. The third-order valence-corrected chi connectivity index (χ3v) is 3.33. The fourth-order valence-corrected chi connectivity index (χ4v) is 2.29. The molecule has 1 saturated heterocycles. The number of rotatable bonds is 0. The lowest BCUT2D eigenvalue weighted by Gasteiger charge is -2.25. The first-order chi connectivity index (χ1) is 4.63. The van der Waals surface area contributed by atoms with Crippen molar-refractivity contribution in [1.82, 2.24) is 0 Å². The van der Waals surface area contributed by atoms with Gasteiger partial charge in [0.15, 0.2) is 0 Å². The molecule has 0 spiro atoms. The molecule has 1 nitrogen and oxygen atoms in total. The van der Waals surface area contributed by atoms with Crippen molar-refractivity contribution in [2.24, 2.45) is 11.8 Å². The van der Waals surface area contributed by atoms with E-state index in [9.17, 15) is 0 Å². The van der Waals surface area contributed by atoms with Crippen LogP contribution in [0.1, 0.15) is 33.6 Å². The van der Waals surface area contributed by atoms with E-state index in [2.05, 4.69) is 20.8 Å². The van der Waals surface area contributed by atoms with Crippen LogP contribution in [0.4, 0.5) is 0 Å². The first kappa shape index (κ1) is 6.66. The third kappa shape index (κ3) is 0.731. The van der Waals surface area contributed by atoms with E-state index in [4.69, 9.17) is 4.74 Å². The maximum absolute atomic E-state index is 5.65. The molecule has 0 radical (unpaired) electrons. The first-order valence-corrected chi connectivity index (χ1v) is 4.30. The Kier molecular flexibility index (Phi) is 1.17. The minimum absolute atomic E-state index is 0.284. The van der Waals surface area contributed by atoms with Crippen LogP contribution in [0, 0.1) is 11.8 Å². The van der Waals surface area contributed by atoms with Crippen LogP contribution >= 0.6 is 0 Å². The lowest BCUT2D eigenvalue weighted by molar-refractivity contribution is 0.227. The second-order valence-electron chi connectivity index (χ2n) is 4.27. The fourth-order valence-electron chi connectivity index (χ4n) is 2.29. The Hall–Kier alpha value is -0.0400. The predicted octanol–water partition coefficient (Wildman–Crippen LogP) is 2.21. The zero-order valence-corrected chi connectivity index (χ0v) is 7.05. The molecule has 58 valence electrons. The highest BCUT2D eigenvalue weighted by molar-refractivity contribution is 5.06. The van der Waals surface area contributed by atoms with E-state index in [1.54, 1.807) is 0 Å². The topological polar surface area (TPSA) is 12.5 Å². The van der Waals surface area contributed by atoms with Crippen molar-refractivity contribution in [3.05, 3.63) is 0 Å². The lowest BCUT2D eigenvalue weighted by atomic mass is 9.76. The van der Waals surface area contributed by atoms with Crippen molar-refractivity contribution in [3.8, 4) is 0 Å². The van der Waals surface area contributed by atoms with E-state index >= 15 is 0 Å². The average molecular weight is 140 g/mol. The van der Waals surface area contributed by atoms with Gasteiger partial charge in [0.1, 0.15) is 0 Å². The van der Waals surface area contributed by atoms with Crippen molar-refractivity contribution in [1.29, 1.82) is 0 Å². The lowest BCUT2D eigenvalue weighted by Crippen LogP contribution is -2.28. The van der Waals surface area contributed by atoms with Crippen LogP contribution in [-0.4, -0.2) is 11.7 Å². The van der Waals surface area contributed by atoms with E-state index < -0.39 is 0 Å². The molecule has 0 bridgehead atoms. The summed E-state index contributed by atoms with van der Waals surface area (Å²) in [6.07, 6.45) is 3.25. The van der Waals surface area contributed by atoms with Crippen LogP contribution in [0.2, 0.25) is 0 Å². The van der Waals surface area contributed by atoms with E-state index in [0.717, 1.165) is 11.8 Å². The molecule has 4 atom stereocenters. The smallest absolute Gasteiger partial charge is 0.0945 e. The number of hydrogen-bond acceptors (Lipinski definition) is 1. The van der Waals surface area contributed by atoms with Crippen LogP contribution in [0.15, 0.2) is 0 Å². The average Bonchev–Trinajstić information content (AvgIpc) is 2.42. The van der Waals surface area contributed by atoms with Crippen molar-refractivity contribution < 1.29 is 4.74 Å². The van der Waals surface area contributed by atoms with Crippen LogP contribution in [0.3, 0.4) is 0 Å². The van der Waals surface area contributed by atoms with Crippen molar-refractivity contribution >= 4 is 0 Å². The van der Waals surface area contributed by atoms with E-state index in [1.807, 2.05) is 0 Å². The summed E-state index contributed by atoms with van der Waals surface area (Å²) in [7, 11) is 0. The number of hydrogen-bond donors (Lipinski definition) is 0. The molecule has 2 rings (SSSR count). The largest absolute Gasteiger partial charge is 0.366 e. The number of ether oxygens (including phenoxy) is 1. The second-order valence-corrected chi connectivity index (χ2v) is 4.27. The Labute approximate surface area is 62.8 Å². The summed E-state index contributed by atoms with van der Waals surface area (Å²) in [4.78, 5) is 0. The maximum atomic E-state index is 5.65. The fraction of sp³-hybridized carbons (Fsp3) is 1.00. The predicted molar refractivity (Wildman–Crippen MR) is 40.8 cm³/mol. The van der Waals surface area contributed by atoms with Gasteiger partial charge in [0.2, 0.25) is 0 Å². The maximum Gasteiger partial charge on any atom is 0.0945 e. The minimum atomic E-state index is 0.284. The van der Waals surface area contributed by atoms with Crippen LogP contribution < -0.4 is 0 Å². The summed E-state index contributed by atoms with van der Waals surface area (Å²) in [6.45, 7) is 6.90. The molecule has 10 heavy (non-hydrogen) atoms. The third-order valence-electron chi connectivity index (χ3n) is 3.33. The summed E-state index contributed by atoms with van der Waals surface area (Å²) >= 11 is 0. The monoisotopic (exact) mass is 140 g/mol. The van der Waals surface area contributed by atoms with Gasteiger partial charge in [-0.25, -0.2) is 0 Å². The summed E-state index contributed by atoms with van der Waals surface area (Å²) < 4.78 is 5.65. The summed E-state index contributed by atoms with van der Waals surface area (Å²) in [6, 6.07) is 0. The first-order valence-electron chi connectivity index (χ1n) is 4.30. The van der Waals surface area contributed by atoms with Gasteiger partial charge in [-0.15, -0.1) is 0 Å². The Morgan fingerprint density at radius 2 is 2.00 bits per heavy atom. The van der Waals surface area contributed by atoms with Crippen LogP contribution in [0.25, 0.3) is 0 Å². The number of fused-ring (bicyclic) bond motifs is 1. The van der Waals surface area contributed by atoms with E-state index in [1.165, 1.54) is 12.8 Å². The molecule has 1 heterocycles. The van der Waals surface area contributed by atoms with Gasteiger partial charge in [-0.2, -0.15) is 0 Å². The normalized spacial score (nSPS) is 59.7. The van der Waals surface area contributed by atoms with E-state index in [0.29, 0.717) is 6.10 Å². The van der Waals surface area contributed by atoms with E-state index in [-0.39, 0.29) is 5.60 Å². The summed E-state index contributed by atoms with van der Waals surface area (Å²) in [5, 5.41) is 0. The number of epoxide rings is 1. The zero-order valence-electron chi connectivity index (χ0n) is 7.05. The van der Waals surface area contributed by atoms with Gasteiger partial charge in [0.25, 0.3) is 0 Å². The molecule has 1 heteroatoms. The highest BCUT2D eigenvalue weighted by Gasteiger charge is 2.58. The minimum Gasteiger partial charge on any atom is -0.366 e. The standard InChI is InChI=1S/C9H16O/c1-6-4-7(2)9(3)8(5-6)10-9/h6-8H,4-5H2,1-3H3/t6?,7-,8-,9+/m1/s1. The van der Waals surface area contributed by atoms with Gasteiger partial charge in [-0.3, -0.25) is 0 Å². The van der Waals surface area contributed by atoms with Gasteiger partial charge in [-0.05, 0) is 31.6 Å². The molecule has 0 aromatic carbocycles. The molecule has 0 aromatic heterocycles. The molecule has 2 fully saturated rings. The molecular weight excluding hydrogens is 124 g/mol. The molecule has 1 aliphatic carbocycles. The SMILES string of the molecule is CC1C[C@@H](C)[C@]2(C)O[C@@H]2C1. The van der Waals surface area contributed by atoms with Crippen LogP contribution in [0.5, 0.6) is 0 Å². The highest BCUT2D eigenvalue weighted by Crippen LogP contribution is 2.52. The van der Waals surface area contributed by atoms with Gasteiger partial charge in [0.05, 0.1) is 11.7 Å². The highest BCUT2D eigenvalue weighted by atomic mass is 16.6. The molecule has 1 unspecified atom stereocenters. The Bertz CT molecular complexity index is 155. The van der Waals surface area contributed by atoms with Crippen molar-refractivity contribution in [3.63, 3.8) is 0 Å². The van der Waals surface area contributed by atoms with Gasteiger partial charge < -0.3 is 4.74 Å². The van der Waals surface area contributed by atoms with Gasteiger partial charge in [-0.1, -0.05) is 13.8 Å². The Morgan fingerprint density at radius 1 is 1.30 bits per heavy atom. The molecule has 1 saturated carbocycles. The molecule has 0 aromatic rings. The second kappa shape index (κ2) is 1.76. The van der Waals surface area contributed by atoms with Crippen molar-refractivity contribution in [2.75, 3.05) is 0 Å². The Morgan fingerprint density at radius 3 is 2.60 bits per heavy atom. The summed E-state index contributed by atoms with van der Waals surface area (Å²) in [5.74, 6) is 1.66. The van der Waals surface area contributed by atoms with Gasteiger partial charge in [0, 0.05) is 0 Å². The quantitative estimate of drug-likeness (QED) is 0.470. The zero-order chi connectivity index (χ0) is 7.35. The Balaban J connectivity index is 2.09. The molecule has 2 aliphatic rings. The van der Waals surface area contributed by atoms with Crippen molar-refractivity contribution in [2.45, 2.75) is 45.3 Å². The van der Waals surface area contributed by atoms with Crippen LogP contribution in [-0.2, 0) is 4.74 Å². The van der Waals surface area contributed by atoms with Gasteiger partial charge >= 0.3 is 0 Å². The molecule has 0 N–H and O–H groups in total.